The number of benzene rings is 1. The van der Waals surface area contributed by atoms with Crippen molar-refractivity contribution in [3.8, 4) is 6.07 Å². The number of carbonyl (C=O) groups excluding carboxylic acids is 1. The molecule has 20 heavy (non-hydrogen) atoms. The second-order valence-corrected chi connectivity index (χ2v) is 6.62. The molecule has 1 aliphatic heterocycles. The van der Waals surface area contributed by atoms with Crippen molar-refractivity contribution in [2.75, 3.05) is 18.5 Å². The van der Waals surface area contributed by atoms with Gasteiger partial charge in [0.1, 0.15) is 6.04 Å². The molecule has 2 rings (SSSR count). The standard InChI is InChI=1S/C15H18BrN3O/c1-15(2)10-19(12-6-4-5-11(16)9-12)14(20)13(7-8-17)18(15)3/h4-6,9,13H,7,10H2,1-3H3. The first-order chi connectivity index (χ1) is 9.36. The first-order valence-electron chi connectivity index (χ1n) is 6.53. The van der Waals surface area contributed by atoms with Crippen LogP contribution in [0.25, 0.3) is 0 Å². The fraction of sp³-hybridized carbons (Fsp3) is 0.467. The van der Waals surface area contributed by atoms with Crippen LogP contribution in [0.15, 0.2) is 28.7 Å². The minimum Gasteiger partial charge on any atom is -0.309 e. The molecule has 1 amide bonds. The van der Waals surface area contributed by atoms with E-state index in [4.69, 9.17) is 5.26 Å². The van der Waals surface area contributed by atoms with Crippen molar-refractivity contribution in [3.05, 3.63) is 28.7 Å². The molecule has 106 valence electrons. The maximum atomic E-state index is 12.6. The Hall–Kier alpha value is -1.38. The second kappa shape index (κ2) is 5.55. The first kappa shape index (κ1) is 15.0. The quantitative estimate of drug-likeness (QED) is 0.834. The highest BCUT2D eigenvalue weighted by Crippen LogP contribution is 2.30. The molecule has 1 heterocycles. The van der Waals surface area contributed by atoms with E-state index in [2.05, 4.69) is 35.8 Å². The van der Waals surface area contributed by atoms with Gasteiger partial charge in [0, 0.05) is 22.2 Å². The van der Waals surface area contributed by atoms with Gasteiger partial charge < -0.3 is 4.90 Å². The second-order valence-electron chi connectivity index (χ2n) is 5.71. The predicted molar refractivity (Wildman–Crippen MR) is 82.4 cm³/mol. The van der Waals surface area contributed by atoms with Crippen LogP contribution < -0.4 is 4.90 Å². The molecule has 1 aliphatic rings. The Morgan fingerprint density at radius 1 is 1.50 bits per heavy atom. The van der Waals surface area contributed by atoms with Gasteiger partial charge in [0.2, 0.25) is 5.91 Å². The monoisotopic (exact) mass is 335 g/mol. The first-order valence-corrected chi connectivity index (χ1v) is 7.33. The lowest BCUT2D eigenvalue weighted by Crippen LogP contribution is -2.65. The molecule has 5 heteroatoms. The van der Waals surface area contributed by atoms with Gasteiger partial charge in [-0.05, 0) is 39.1 Å². The van der Waals surface area contributed by atoms with Gasteiger partial charge in [0.25, 0.3) is 0 Å². The Kier molecular flexibility index (Phi) is 4.17. The van der Waals surface area contributed by atoms with Gasteiger partial charge in [0.15, 0.2) is 0 Å². The molecule has 0 aromatic heterocycles. The largest absolute Gasteiger partial charge is 0.309 e. The molecule has 0 saturated carbocycles. The van der Waals surface area contributed by atoms with Crippen molar-refractivity contribution >= 4 is 27.5 Å². The van der Waals surface area contributed by atoms with Gasteiger partial charge in [-0.3, -0.25) is 9.69 Å². The van der Waals surface area contributed by atoms with Crippen LogP contribution >= 0.6 is 15.9 Å². The molecule has 1 fully saturated rings. The SMILES string of the molecule is CN1C(CC#N)C(=O)N(c2cccc(Br)c2)CC1(C)C. The lowest BCUT2D eigenvalue weighted by atomic mass is 9.93. The Morgan fingerprint density at radius 3 is 2.80 bits per heavy atom. The summed E-state index contributed by atoms with van der Waals surface area (Å²) in [5, 5.41) is 8.97. The van der Waals surface area contributed by atoms with Crippen molar-refractivity contribution < 1.29 is 4.79 Å². The van der Waals surface area contributed by atoms with Crippen LogP contribution in [0.3, 0.4) is 0 Å². The van der Waals surface area contributed by atoms with E-state index >= 15 is 0 Å². The number of hydrogen-bond acceptors (Lipinski definition) is 3. The molecule has 1 unspecified atom stereocenters. The predicted octanol–water partition coefficient (Wildman–Crippen LogP) is 2.79. The Labute approximate surface area is 128 Å². The summed E-state index contributed by atoms with van der Waals surface area (Å²) in [6, 6.07) is 9.44. The van der Waals surface area contributed by atoms with Gasteiger partial charge in [-0.1, -0.05) is 22.0 Å². The van der Waals surface area contributed by atoms with Crippen molar-refractivity contribution in [2.24, 2.45) is 0 Å². The lowest BCUT2D eigenvalue weighted by molar-refractivity contribution is -0.128. The smallest absolute Gasteiger partial charge is 0.245 e. The normalized spacial score (nSPS) is 22.6. The fourth-order valence-corrected chi connectivity index (χ4v) is 2.90. The van der Waals surface area contributed by atoms with E-state index < -0.39 is 0 Å². The number of likely N-dealkylation sites (N-methyl/N-ethyl adjacent to an activating group) is 1. The van der Waals surface area contributed by atoms with E-state index in [1.54, 1.807) is 4.90 Å². The summed E-state index contributed by atoms with van der Waals surface area (Å²) >= 11 is 3.43. The third kappa shape index (κ3) is 2.72. The highest BCUT2D eigenvalue weighted by atomic mass is 79.9. The maximum Gasteiger partial charge on any atom is 0.245 e. The summed E-state index contributed by atoms with van der Waals surface area (Å²) in [5.74, 6) is -0.00789. The number of nitrogens with zero attached hydrogens (tertiary/aromatic N) is 3. The zero-order valence-corrected chi connectivity index (χ0v) is 13.5. The van der Waals surface area contributed by atoms with Crippen molar-refractivity contribution in [1.29, 1.82) is 5.26 Å². The maximum absolute atomic E-state index is 12.6. The average Bonchev–Trinajstić information content (AvgIpc) is 2.39. The molecule has 0 radical (unpaired) electrons. The van der Waals surface area contributed by atoms with Crippen LogP contribution in [-0.4, -0.2) is 36.0 Å². The van der Waals surface area contributed by atoms with Crippen LogP contribution in [0, 0.1) is 11.3 Å². The van der Waals surface area contributed by atoms with Crippen LogP contribution in [0.2, 0.25) is 0 Å². The van der Waals surface area contributed by atoms with E-state index in [-0.39, 0.29) is 23.9 Å². The van der Waals surface area contributed by atoms with E-state index in [0.717, 1.165) is 10.2 Å². The number of hydrogen-bond donors (Lipinski definition) is 0. The van der Waals surface area contributed by atoms with Crippen LogP contribution in [0.1, 0.15) is 20.3 Å². The molecular formula is C15H18BrN3O. The number of halogens is 1. The zero-order valence-electron chi connectivity index (χ0n) is 11.9. The Balaban J connectivity index is 2.39. The topological polar surface area (TPSA) is 47.3 Å². The van der Waals surface area contributed by atoms with Gasteiger partial charge in [-0.2, -0.15) is 5.26 Å². The summed E-state index contributed by atoms with van der Waals surface area (Å²) in [5.41, 5.74) is 0.700. The van der Waals surface area contributed by atoms with E-state index in [1.165, 1.54) is 0 Å². The third-order valence-corrected chi connectivity index (χ3v) is 4.42. The highest BCUT2D eigenvalue weighted by molar-refractivity contribution is 9.10. The summed E-state index contributed by atoms with van der Waals surface area (Å²) < 4.78 is 0.941. The zero-order chi connectivity index (χ0) is 14.9. The number of amides is 1. The van der Waals surface area contributed by atoms with Crippen LogP contribution in [0.4, 0.5) is 5.69 Å². The van der Waals surface area contributed by atoms with Crippen molar-refractivity contribution in [1.82, 2.24) is 4.90 Å². The Bertz CT molecular complexity index is 564. The summed E-state index contributed by atoms with van der Waals surface area (Å²) in [4.78, 5) is 16.4. The molecule has 1 aromatic rings. The number of nitriles is 1. The number of piperazine rings is 1. The summed E-state index contributed by atoms with van der Waals surface area (Å²) in [7, 11) is 1.91. The molecule has 0 spiro atoms. The van der Waals surface area contributed by atoms with Gasteiger partial charge in [-0.15, -0.1) is 0 Å². The molecule has 0 aliphatic carbocycles. The average molecular weight is 336 g/mol. The molecule has 4 nitrogen and oxygen atoms in total. The van der Waals surface area contributed by atoms with E-state index in [9.17, 15) is 4.79 Å². The van der Waals surface area contributed by atoms with Gasteiger partial charge >= 0.3 is 0 Å². The Morgan fingerprint density at radius 2 is 2.20 bits per heavy atom. The molecule has 1 aromatic carbocycles. The highest BCUT2D eigenvalue weighted by Gasteiger charge is 2.43. The molecular weight excluding hydrogens is 318 g/mol. The molecule has 0 N–H and O–H groups in total. The van der Waals surface area contributed by atoms with E-state index in [0.29, 0.717) is 6.54 Å². The van der Waals surface area contributed by atoms with Crippen molar-refractivity contribution in [2.45, 2.75) is 31.8 Å². The van der Waals surface area contributed by atoms with E-state index in [1.807, 2.05) is 36.2 Å². The lowest BCUT2D eigenvalue weighted by Gasteiger charge is -2.48. The summed E-state index contributed by atoms with van der Waals surface area (Å²) in [6.45, 7) is 4.80. The van der Waals surface area contributed by atoms with Crippen molar-refractivity contribution in [3.63, 3.8) is 0 Å². The fourth-order valence-electron chi connectivity index (χ4n) is 2.52. The summed E-state index contributed by atoms with van der Waals surface area (Å²) in [6.07, 6.45) is 0.212. The third-order valence-electron chi connectivity index (χ3n) is 3.92. The number of anilines is 1. The minimum atomic E-state index is -0.386. The van der Waals surface area contributed by atoms with Gasteiger partial charge in [0.05, 0.1) is 12.5 Å². The van der Waals surface area contributed by atoms with Crippen LogP contribution in [0.5, 0.6) is 0 Å². The number of carbonyl (C=O) groups is 1. The van der Waals surface area contributed by atoms with Gasteiger partial charge in [-0.25, -0.2) is 0 Å². The molecule has 0 bridgehead atoms. The minimum absolute atomic E-state index is 0.00789. The molecule has 1 saturated heterocycles. The van der Waals surface area contributed by atoms with Crippen LogP contribution in [-0.2, 0) is 4.79 Å². The number of rotatable bonds is 2. The molecule has 1 atom stereocenters.